The molecule has 0 spiro atoms. The maximum Gasteiger partial charge on any atom is 0.326 e. The van der Waals surface area contributed by atoms with Crippen molar-refractivity contribution in [2.75, 3.05) is 29.6 Å². The molecule has 0 radical (unpaired) electrons. The lowest BCUT2D eigenvalue weighted by molar-refractivity contribution is -0.147. The molecule has 2 amide bonds. The van der Waals surface area contributed by atoms with Gasteiger partial charge >= 0.3 is 5.97 Å². The van der Waals surface area contributed by atoms with Crippen LogP contribution in [-0.4, -0.2) is 43.6 Å². The molecule has 0 aliphatic carbocycles. The first-order valence-corrected chi connectivity index (χ1v) is 9.52. The molecule has 7 heteroatoms. The number of carbonyl (C=O) groups is 3. The highest BCUT2D eigenvalue weighted by Crippen LogP contribution is 2.30. The molecule has 152 valence electrons. The summed E-state index contributed by atoms with van der Waals surface area (Å²) in [5.74, 6) is -0.672. The zero-order chi connectivity index (χ0) is 20.8. The third-order valence-electron chi connectivity index (χ3n) is 4.49. The molecule has 0 atom stereocenters. The van der Waals surface area contributed by atoms with Crippen LogP contribution in [0.3, 0.4) is 0 Å². The molecule has 0 fully saturated rings. The summed E-state index contributed by atoms with van der Waals surface area (Å²) in [7, 11) is 0. The maximum atomic E-state index is 12.6. The number of ether oxygens (including phenoxy) is 2. The molecule has 0 saturated heterocycles. The van der Waals surface area contributed by atoms with Crippen molar-refractivity contribution in [2.24, 2.45) is 0 Å². The molecule has 0 unspecified atom stereocenters. The fraction of sp³-hybridized carbons (Fsp3) is 0.318. The molecule has 2 aromatic carbocycles. The maximum absolute atomic E-state index is 12.6. The lowest BCUT2D eigenvalue weighted by Crippen LogP contribution is -2.41. The van der Waals surface area contributed by atoms with Crippen LogP contribution in [0.5, 0.6) is 5.75 Å². The zero-order valence-corrected chi connectivity index (χ0v) is 16.5. The topological polar surface area (TPSA) is 76.2 Å². The van der Waals surface area contributed by atoms with E-state index < -0.39 is 12.6 Å². The second kappa shape index (κ2) is 9.23. The molecular formula is C22H24N2O5. The molecule has 7 nitrogen and oxygen atoms in total. The van der Waals surface area contributed by atoms with Crippen molar-refractivity contribution in [3.05, 3.63) is 54.6 Å². The van der Waals surface area contributed by atoms with E-state index in [1.807, 2.05) is 44.2 Å². The Kier molecular flexibility index (Phi) is 6.49. The lowest BCUT2D eigenvalue weighted by Gasteiger charge is -2.27. The van der Waals surface area contributed by atoms with E-state index in [1.54, 1.807) is 29.2 Å². The average Bonchev–Trinajstić information content (AvgIpc) is 2.86. The number of benzene rings is 2. The Morgan fingerprint density at radius 1 is 1.10 bits per heavy atom. The number of esters is 1. The molecule has 0 aromatic heterocycles. The number of hydrogen-bond donors (Lipinski definition) is 0. The number of amides is 2. The molecule has 0 bridgehead atoms. The summed E-state index contributed by atoms with van der Waals surface area (Å²) in [5, 5.41) is 0. The van der Waals surface area contributed by atoms with Crippen molar-refractivity contribution in [2.45, 2.75) is 26.3 Å². The summed E-state index contributed by atoms with van der Waals surface area (Å²) >= 11 is 0. The van der Waals surface area contributed by atoms with E-state index in [-0.39, 0.29) is 37.4 Å². The first-order chi connectivity index (χ1) is 14.0. The van der Waals surface area contributed by atoms with Gasteiger partial charge in [-0.05, 0) is 38.1 Å². The van der Waals surface area contributed by atoms with Crippen LogP contribution in [0.4, 0.5) is 11.4 Å². The van der Waals surface area contributed by atoms with E-state index in [0.29, 0.717) is 11.4 Å². The van der Waals surface area contributed by atoms with E-state index in [9.17, 15) is 14.4 Å². The van der Waals surface area contributed by atoms with Crippen molar-refractivity contribution in [1.82, 2.24) is 0 Å². The Labute approximate surface area is 169 Å². The Balaban J connectivity index is 1.65. The predicted molar refractivity (Wildman–Crippen MR) is 109 cm³/mol. The molecule has 29 heavy (non-hydrogen) atoms. The van der Waals surface area contributed by atoms with Gasteiger partial charge in [0.2, 0.25) is 5.91 Å². The van der Waals surface area contributed by atoms with Gasteiger partial charge in [-0.3, -0.25) is 19.3 Å². The van der Waals surface area contributed by atoms with Crippen LogP contribution in [0.2, 0.25) is 0 Å². The van der Waals surface area contributed by atoms with Crippen molar-refractivity contribution < 1.29 is 23.9 Å². The number of anilines is 2. The Morgan fingerprint density at radius 3 is 2.52 bits per heavy atom. The summed E-state index contributed by atoms with van der Waals surface area (Å²) in [4.78, 5) is 40.3. The van der Waals surface area contributed by atoms with E-state index in [4.69, 9.17) is 9.47 Å². The third kappa shape index (κ3) is 4.93. The lowest BCUT2D eigenvalue weighted by atomic mass is 10.2. The van der Waals surface area contributed by atoms with Gasteiger partial charge in [0.1, 0.15) is 12.3 Å². The Bertz CT molecular complexity index is 882. The second-order valence-electron chi connectivity index (χ2n) is 6.90. The SMILES string of the molecule is CC(C)N(C(=O)COC(=O)CN1C(=O)CCOc2ccccc21)c1ccccc1. The average molecular weight is 396 g/mol. The highest BCUT2D eigenvalue weighted by atomic mass is 16.5. The van der Waals surface area contributed by atoms with Crippen molar-refractivity contribution in [1.29, 1.82) is 0 Å². The number of para-hydroxylation sites is 3. The predicted octanol–water partition coefficient (Wildman–Crippen LogP) is 2.79. The van der Waals surface area contributed by atoms with Gasteiger partial charge in [-0.25, -0.2) is 0 Å². The van der Waals surface area contributed by atoms with Gasteiger partial charge in [0.15, 0.2) is 6.61 Å². The molecule has 1 aliphatic heterocycles. The van der Waals surface area contributed by atoms with Gasteiger partial charge in [-0.15, -0.1) is 0 Å². The zero-order valence-electron chi connectivity index (χ0n) is 16.5. The van der Waals surface area contributed by atoms with Crippen LogP contribution in [-0.2, 0) is 19.1 Å². The molecule has 0 saturated carbocycles. The van der Waals surface area contributed by atoms with Crippen LogP contribution in [0, 0.1) is 0 Å². The van der Waals surface area contributed by atoms with Crippen LogP contribution < -0.4 is 14.5 Å². The van der Waals surface area contributed by atoms with Gasteiger partial charge in [0.05, 0.1) is 18.7 Å². The monoisotopic (exact) mass is 396 g/mol. The van der Waals surface area contributed by atoms with E-state index in [1.165, 1.54) is 4.90 Å². The minimum atomic E-state index is -0.653. The van der Waals surface area contributed by atoms with E-state index in [0.717, 1.165) is 5.69 Å². The van der Waals surface area contributed by atoms with E-state index in [2.05, 4.69) is 0 Å². The molecule has 3 rings (SSSR count). The second-order valence-corrected chi connectivity index (χ2v) is 6.90. The van der Waals surface area contributed by atoms with Crippen LogP contribution >= 0.6 is 0 Å². The van der Waals surface area contributed by atoms with Gasteiger partial charge in [-0.1, -0.05) is 30.3 Å². The Morgan fingerprint density at radius 2 is 1.79 bits per heavy atom. The van der Waals surface area contributed by atoms with Gasteiger partial charge < -0.3 is 14.4 Å². The van der Waals surface area contributed by atoms with Crippen molar-refractivity contribution in [3.8, 4) is 5.75 Å². The number of fused-ring (bicyclic) bond motifs is 1. The fourth-order valence-corrected chi connectivity index (χ4v) is 3.20. The minimum Gasteiger partial charge on any atom is -0.491 e. The third-order valence-corrected chi connectivity index (χ3v) is 4.49. The fourth-order valence-electron chi connectivity index (χ4n) is 3.20. The molecular weight excluding hydrogens is 372 g/mol. The largest absolute Gasteiger partial charge is 0.491 e. The first-order valence-electron chi connectivity index (χ1n) is 9.52. The molecule has 1 heterocycles. The van der Waals surface area contributed by atoms with Crippen molar-refractivity contribution >= 4 is 29.2 Å². The minimum absolute atomic E-state index is 0.0974. The first kappa shape index (κ1) is 20.4. The summed E-state index contributed by atoms with van der Waals surface area (Å²) < 4.78 is 10.8. The number of hydrogen-bond acceptors (Lipinski definition) is 5. The van der Waals surface area contributed by atoms with Gasteiger partial charge in [0.25, 0.3) is 5.91 Å². The van der Waals surface area contributed by atoms with Gasteiger partial charge in [0, 0.05) is 11.7 Å². The highest BCUT2D eigenvalue weighted by molar-refractivity contribution is 6.00. The molecule has 2 aromatic rings. The summed E-state index contributed by atoms with van der Waals surface area (Å²) in [6, 6.07) is 16.1. The Hall–Kier alpha value is -3.35. The quantitative estimate of drug-likeness (QED) is 0.702. The van der Waals surface area contributed by atoms with Crippen LogP contribution in [0.25, 0.3) is 0 Å². The highest BCUT2D eigenvalue weighted by Gasteiger charge is 2.26. The van der Waals surface area contributed by atoms with Gasteiger partial charge in [-0.2, -0.15) is 0 Å². The molecule has 0 N–H and O–H groups in total. The van der Waals surface area contributed by atoms with Crippen LogP contribution in [0.1, 0.15) is 20.3 Å². The number of carbonyl (C=O) groups excluding carboxylic acids is 3. The summed E-state index contributed by atoms with van der Waals surface area (Å²) in [6.07, 6.45) is 0.163. The summed E-state index contributed by atoms with van der Waals surface area (Å²) in [5.41, 5.74) is 1.25. The molecule has 1 aliphatic rings. The summed E-state index contributed by atoms with van der Waals surface area (Å²) in [6.45, 7) is 3.35. The smallest absolute Gasteiger partial charge is 0.326 e. The van der Waals surface area contributed by atoms with Crippen molar-refractivity contribution in [3.63, 3.8) is 0 Å². The number of nitrogens with zero attached hydrogens (tertiary/aromatic N) is 2. The van der Waals surface area contributed by atoms with Crippen LogP contribution in [0.15, 0.2) is 54.6 Å². The van der Waals surface area contributed by atoms with E-state index >= 15 is 0 Å². The normalized spacial score (nSPS) is 13.3. The number of rotatable bonds is 6. The standard InChI is InChI=1S/C22H24N2O5/c1-16(2)24(17-8-4-3-5-9-17)21(26)15-29-22(27)14-23-18-10-6-7-11-19(18)28-13-12-20(23)25/h3-11,16H,12-15H2,1-2H3.